The van der Waals surface area contributed by atoms with Gasteiger partial charge in [0.2, 0.25) is 5.91 Å². The maximum atomic E-state index is 12.8. The minimum absolute atomic E-state index is 0.833. The van der Waals surface area contributed by atoms with Gasteiger partial charge in [0.15, 0.2) is 31.5 Å². The number of hydrogen-bond donors (Lipinski definition) is 16. The molecule has 0 aliphatic carbocycles. The van der Waals surface area contributed by atoms with Gasteiger partial charge >= 0.3 is 0 Å². The highest BCUT2D eigenvalue weighted by molar-refractivity contribution is 5.73. The van der Waals surface area contributed by atoms with Crippen LogP contribution in [0.5, 0.6) is 0 Å². The summed E-state index contributed by atoms with van der Waals surface area (Å²) in [7, 11) is 0. The van der Waals surface area contributed by atoms with Gasteiger partial charge in [-0.1, -0.05) is 0 Å². The predicted octanol–water partition coefficient (Wildman–Crippen LogP) is -10.8. The molecule has 25 atom stereocenters. The topological polar surface area (TPSA) is 416 Å². The molecule has 5 rings (SSSR count). The first kappa shape index (κ1) is 47.6. The highest BCUT2D eigenvalue weighted by Gasteiger charge is 2.57. The molecule has 0 aromatic heterocycles. The van der Waals surface area contributed by atoms with Crippen LogP contribution in [-0.4, -0.2) is 262 Å². The Morgan fingerprint density at radius 2 is 0.862 bits per heavy atom. The lowest BCUT2D eigenvalue weighted by Crippen LogP contribution is -2.71. The minimum atomic E-state index is -2.14. The lowest BCUT2D eigenvalue weighted by atomic mass is 9.93. The van der Waals surface area contributed by atoms with Gasteiger partial charge in [-0.15, -0.1) is 0 Å². The van der Waals surface area contributed by atoms with Gasteiger partial charge in [-0.05, 0) is 6.92 Å². The van der Waals surface area contributed by atoms with Crippen LogP contribution in [0.25, 0.3) is 0 Å². The second-order valence-corrected chi connectivity index (χ2v) is 14.7. The van der Waals surface area contributed by atoms with E-state index >= 15 is 0 Å². The molecule has 16 N–H and O–H groups in total. The fraction of sp³-hybridized carbons (Fsp3) is 0.969. The first-order chi connectivity index (χ1) is 27.4. The Labute approximate surface area is 329 Å². The molecule has 26 nitrogen and oxygen atoms in total. The third-order valence-electron chi connectivity index (χ3n) is 10.7. The van der Waals surface area contributed by atoms with Gasteiger partial charge in [0.1, 0.15) is 116 Å². The zero-order valence-corrected chi connectivity index (χ0v) is 31.1. The van der Waals surface area contributed by atoms with Crippen molar-refractivity contribution in [3.05, 3.63) is 0 Å². The van der Waals surface area contributed by atoms with Crippen molar-refractivity contribution in [1.82, 2.24) is 5.32 Å². The zero-order valence-electron chi connectivity index (χ0n) is 31.1. The number of rotatable bonds is 13. The second kappa shape index (κ2) is 20.1. The Balaban J connectivity index is 1.50. The van der Waals surface area contributed by atoms with E-state index in [1.807, 2.05) is 0 Å². The van der Waals surface area contributed by atoms with E-state index in [1.165, 1.54) is 6.92 Å². The molecule has 5 aliphatic heterocycles. The van der Waals surface area contributed by atoms with Crippen molar-refractivity contribution < 1.29 is 124 Å². The van der Waals surface area contributed by atoms with Crippen LogP contribution >= 0.6 is 0 Å². The van der Waals surface area contributed by atoms with E-state index in [1.54, 1.807) is 0 Å². The Hall–Kier alpha value is -1.49. The molecule has 0 bridgehead atoms. The van der Waals surface area contributed by atoms with Crippen LogP contribution < -0.4 is 5.32 Å². The summed E-state index contributed by atoms with van der Waals surface area (Å²) in [4.78, 5) is 12.8. The Bertz CT molecular complexity index is 1310. The fourth-order valence-electron chi connectivity index (χ4n) is 7.36. The molecule has 338 valence electrons. The molecule has 0 saturated carbocycles. The second-order valence-electron chi connectivity index (χ2n) is 14.7. The average molecular weight is 854 g/mol. The standard InChI is InChI=1S/C32H55NO25/c1-7-14(39)18(43)20(45)30(50-7)56-25-13(33-8(2)38)29(54-12(6-37)24(25)55-31-21(46)19(44)15(40)9(3-34)52-31)57-27-17(42)11(5-36)53-32(23(27)48)58-26-16(41)10(4-35)51-28(49)22(26)47/h7,9-32,34-37,39-49H,3-6H2,1-2H3,(H,33,38)/t7-,9+,10+,11+,12+,13+,14+,15-,16+,17-,18+,19-,20-,21+,22+,23+,24+,25+,26-,27-,28?,29-,30-,31-,32-/m0/s1. The van der Waals surface area contributed by atoms with Gasteiger partial charge in [0, 0.05) is 6.92 Å². The molecule has 5 saturated heterocycles. The van der Waals surface area contributed by atoms with E-state index < -0.39 is 186 Å². The van der Waals surface area contributed by atoms with Crippen molar-refractivity contribution >= 4 is 5.91 Å². The Kier molecular flexibility index (Phi) is 16.5. The van der Waals surface area contributed by atoms with E-state index in [2.05, 4.69) is 5.32 Å². The van der Waals surface area contributed by atoms with Crippen LogP contribution in [0.3, 0.4) is 0 Å². The summed E-state index contributed by atoms with van der Waals surface area (Å²) in [6.45, 7) is -1.34. The van der Waals surface area contributed by atoms with Crippen molar-refractivity contribution in [3.63, 3.8) is 0 Å². The van der Waals surface area contributed by atoms with E-state index in [4.69, 9.17) is 42.6 Å². The van der Waals surface area contributed by atoms with E-state index in [9.17, 15) is 81.4 Å². The quantitative estimate of drug-likeness (QED) is 0.0818. The highest BCUT2D eigenvalue weighted by atomic mass is 16.8. The van der Waals surface area contributed by atoms with Gasteiger partial charge in [0.05, 0.1) is 32.5 Å². The van der Waals surface area contributed by atoms with Gasteiger partial charge in [-0.25, -0.2) is 0 Å². The summed E-state index contributed by atoms with van der Waals surface area (Å²) in [5.41, 5.74) is 0. The third kappa shape index (κ3) is 9.75. The highest BCUT2D eigenvalue weighted by Crippen LogP contribution is 2.36. The minimum Gasteiger partial charge on any atom is -0.394 e. The summed E-state index contributed by atoms with van der Waals surface area (Å²) >= 11 is 0. The van der Waals surface area contributed by atoms with E-state index in [0.29, 0.717) is 0 Å². The normalized spacial score (nSPS) is 51.6. The van der Waals surface area contributed by atoms with Gasteiger partial charge in [0.25, 0.3) is 0 Å². The van der Waals surface area contributed by atoms with Crippen LogP contribution in [-0.2, 0) is 47.4 Å². The molecule has 0 radical (unpaired) electrons. The van der Waals surface area contributed by atoms with Gasteiger partial charge < -0.3 is 125 Å². The van der Waals surface area contributed by atoms with Crippen molar-refractivity contribution in [2.24, 2.45) is 0 Å². The third-order valence-corrected chi connectivity index (χ3v) is 10.7. The number of hydrogen-bond acceptors (Lipinski definition) is 25. The summed E-state index contributed by atoms with van der Waals surface area (Å²) in [5, 5.41) is 160. The molecule has 0 spiro atoms. The summed E-state index contributed by atoms with van der Waals surface area (Å²) in [5.74, 6) is -0.833. The van der Waals surface area contributed by atoms with Crippen LogP contribution in [0.15, 0.2) is 0 Å². The predicted molar refractivity (Wildman–Crippen MR) is 177 cm³/mol. The molecular formula is C32H55NO25. The largest absolute Gasteiger partial charge is 0.394 e. The van der Waals surface area contributed by atoms with Gasteiger partial charge in [-0.3, -0.25) is 4.79 Å². The van der Waals surface area contributed by atoms with Crippen LogP contribution in [0, 0.1) is 0 Å². The van der Waals surface area contributed by atoms with Crippen LogP contribution in [0.4, 0.5) is 0 Å². The maximum Gasteiger partial charge on any atom is 0.217 e. The summed E-state index contributed by atoms with van der Waals surface area (Å²) in [6.07, 6.45) is -43.7. The number of ether oxygens (including phenoxy) is 9. The molecule has 5 aliphatic rings. The summed E-state index contributed by atoms with van der Waals surface area (Å²) < 4.78 is 51.1. The molecule has 26 heteroatoms. The molecule has 5 heterocycles. The number of aliphatic hydroxyl groups excluding tert-OH is 15. The van der Waals surface area contributed by atoms with Crippen molar-refractivity contribution in [2.75, 3.05) is 26.4 Å². The monoisotopic (exact) mass is 853 g/mol. The fourth-order valence-corrected chi connectivity index (χ4v) is 7.36. The number of amides is 1. The Morgan fingerprint density at radius 3 is 1.41 bits per heavy atom. The van der Waals surface area contributed by atoms with E-state index in [0.717, 1.165) is 6.92 Å². The van der Waals surface area contributed by atoms with Crippen LogP contribution in [0.1, 0.15) is 13.8 Å². The average Bonchev–Trinajstić information content (AvgIpc) is 3.19. The van der Waals surface area contributed by atoms with Crippen molar-refractivity contribution in [3.8, 4) is 0 Å². The number of aliphatic hydroxyl groups is 15. The zero-order chi connectivity index (χ0) is 42.9. The first-order valence-corrected chi connectivity index (χ1v) is 18.5. The lowest BCUT2D eigenvalue weighted by molar-refractivity contribution is -0.391. The van der Waals surface area contributed by atoms with E-state index in [-0.39, 0.29) is 0 Å². The van der Waals surface area contributed by atoms with Gasteiger partial charge in [-0.2, -0.15) is 0 Å². The molecule has 58 heavy (non-hydrogen) atoms. The molecule has 0 aromatic carbocycles. The number of carbonyl (C=O) groups excluding carboxylic acids is 1. The van der Waals surface area contributed by atoms with Crippen LogP contribution in [0.2, 0.25) is 0 Å². The maximum absolute atomic E-state index is 12.8. The number of carbonyl (C=O) groups is 1. The molecule has 1 amide bonds. The Morgan fingerprint density at radius 1 is 0.448 bits per heavy atom. The molecule has 5 fully saturated rings. The smallest absolute Gasteiger partial charge is 0.217 e. The van der Waals surface area contributed by atoms with Crippen molar-refractivity contribution in [2.45, 2.75) is 167 Å². The molecule has 1 unspecified atom stereocenters. The SMILES string of the molecule is CC(=O)N[C@H]1[C@H](O[C@H]2[C@@H](O)[C@@H](CO)O[C@@H](O[C@H]3[C@H](O)[C@@H](CO)OC(O)[C@@H]3O)[C@@H]2O)O[C@H](CO)[C@@H](O[C@@H]2O[C@H](CO)[C@H](O)[C@H](O)[C@H]2O)[C@@H]1O[C@@H]1O[C@@H](C)[C@@H](O)[C@@H](O)[C@@H]1O. The van der Waals surface area contributed by atoms with Crippen molar-refractivity contribution in [1.29, 1.82) is 0 Å². The molecule has 0 aromatic rings. The number of nitrogens with one attached hydrogen (secondary N) is 1. The summed E-state index contributed by atoms with van der Waals surface area (Å²) in [6, 6.07) is -1.74. The lowest BCUT2D eigenvalue weighted by Gasteiger charge is -2.51. The first-order valence-electron chi connectivity index (χ1n) is 18.5. The molecular weight excluding hydrogens is 798 g/mol.